The zero-order valence-corrected chi connectivity index (χ0v) is 22.0. The van der Waals surface area contributed by atoms with Crippen molar-refractivity contribution >= 4 is 34.5 Å². The molecule has 0 bridgehead atoms. The van der Waals surface area contributed by atoms with Crippen molar-refractivity contribution in [1.82, 2.24) is 5.59 Å². The molecule has 0 spiro atoms. The number of benzene rings is 3. The highest BCUT2D eigenvalue weighted by Gasteiger charge is 2.23. The Morgan fingerprint density at radius 2 is 1.59 bits per heavy atom. The summed E-state index contributed by atoms with van der Waals surface area (Å²) in [6.45, 7) is 3.79. The van der Waals surface area contributed by atoms with E-state index in [1.165, 1.54) is 25.3 Å². The molecule has 0 aliphatic heterocycles. The fourth-order valence-electron chi connectivity index (χ4n) is 3.30. The van der Waals surface area contributed by atoms with Crippen molar-refractivity contribution in [3.05, 3.63) is 65.7 Å². The van der Waals surface area contributed by atoms with Crippen LogP contribution in [0.2, 0.25) is 0 Å². The average molecular weight is 562 g/mol. The monoisotopic (exact) mass is 561 g/mol. The van der Waals surface area contributed by atoms with Crippen LogP contribution in [0.4, 0.5) is 11.4 Å². The van der Waals surface area contributed by atoms with Gasteiger partial charge in [-0.2, -0.15) is 4.41 Å². The topological polar surface area (TPSA) is 176 Å². The van der Waals surface area contributed by atoms with E-state index in [-0.39, 0.29) is 41.8 Å². The first-order valence-electron chi connectivity index (χ1n) is 11.5. The second-order valence-corrected chi connectivity index (χ2v) is 8.39. The Morgan fingerprint density at radius 3 is 2.18 bits per heavy atom. The lowest BCUT2D eigenvalue weighted by Crippen LogP contribution is -2.42. The molecule has 0 saturated carbocycles. The number of ether oxygens (including phenoxy) is 3. The van der Waals surface area contributed by atoms with Crippen LogP contribution in [0.1, 0.15) is 34.6 Å². The Bertz CT molecular complexity index is 1350. The van der Waals surface area contributed by atoms with Crippen molar-refractivity contribution in [2.24, 2.45) is 0 Å². The van der Waals surface area contributed by atoms with Crippen LogP contribution < -0.4 is 34.4 Å². The smallest absolute Gasteiger partial charge is 0.339 e. The van der Waals surface area contributed by atoms with Crippen LogP contribution >= 0.6 is 0 Å². The van der Waals surface area contributed by atoms with Crippen LogP contribution in [0, 0.1) is 0 Å². The van der Waals surface area contributed by atoms with Crippen LogP contribution in [-0.2, 0) is 11.3 Å². The molecule has 0 saturated heterocycles. The van der Waals surface area contributed by atoms with E-state index in [1.54, 1.807) is 38.1 Å². The molecule has 5 N–H and O–H groups in total. The van der Waals surface area contributed by atoms with Crippen LogP contribution in [0.15, 0.2) is 54.6 Å². The fraction of sp³-hybridized carbons (Fsp3) is 0.200. The van der Waals surface area contributed by atoms with E-state index >= 15 is 0 Å². The van der Waals surface area contributed by atoms with Gasteiger partial charge in [0.15, 0.2) is 5.75 Å². The fourth-order valence-corrected chi connectivity index (χ4v) is 3.71. The Labute approximate surface area is 226 Å². The van der Waals surface area contributed by atoms with Gasteiger partial charge in [-0.15, -0.1) is 0 Å². The van der Waals surface area contributed by atoms with E-state index in [4.69, 9.17) is 19.0 Å². The minimum Gasteiger partial charge on any atom is -0.507 e. The molecule has 3 rings (SSSR count). The molecule has 0 heterocycles. The number of carboxylic acid groups (broad SMARTS) is 1. The van der Waals surface area contributed by atoms with Gasteiger partial charge in [0.05, 0.1) is 26.0 Å². The number of carboxylic acids is 1. The highest BCUT2D eigenvalue weighted by molar-refractivity contribution is 7.80. The Kier molecular flexibility index (Phi) is 9.92. The molecule has 0 aliphatic rings. The van der Waals surface area contributed by atoms with E-state index in [2.05, 4.69) is 10.9 Å². The number of phenols is 1. The van der Waals surface area contributed by atoms with Crippen LogP contribution in [0.3, 0.4) is 0 Å². The highest BCUT2D eigenvalue weighted by Crippen LogP contribution is 2.39. The van der Waals surface area contributed by atoms with Crippen LogP contribution in [0.25, 0.3) is 0 Å². The lowest BCUT2D eigenvalue weighted by Gasteiger charge is -2.24. The molecular weight excluding hydrogens is 534 g/mol. The molecule has 0 aliphatic carbocycles. The number of methoxy groups -OCH3 is 1. The number of amides is 1. The molecule has 1 unspecified atom stereocenters. The number of nitrogens with one attached hydrogen (secondary N) is 2. The van der Waals surface area contributed by atoms with Crippen molar-refractivity contribution in [2.45, 2.75) is 13.8 Å². The summed E-state index contributed by atoms with van der Waals surface area (Å²) in [4.78, 5) is 29.5. The van der Waals surface area contributed by atoms with Gasteiger partial charge in [-0.1, -0.05) is 5.59 Å². The number of aromatic carboxylic acids is 1. The zero-order chi connectivity index (χ0) is 28.5. The maximum Gasteiger partial charge on any atom is 0.339 e. The predicted molar refractivity (Wildman–Crippen MR) is 142 cm³/mol. The number of anilines is 2. The van der Waals surface area contributed by atoms with Gasteiger partial charge >= 0.3 is 5.97 Å². The first-order valence-corrected chi connectivity index (χ1v) is 12.5. The molecule has 0 aromatic heterocycles. The Balaban J connectivity index is 1.95. The second-order valence-electron chi connectivity index (χ2n) is 7.57. The van der Waals surface area contributed by atoms with Gasteiger partial charge in [0.2, 0.25) is 0 Å². The number of aromatic hydroxyl groups is 1. The van der Waals surface area contributed by atoms with Crippen molar-refractivity contribution in [3.63, 3.8) is 0 Å². The molecule has 1 amide bonds. The molecule has 13 nitrogen and oxygen atoms in total. The summed E-state index contributed by atoms with van der Waals surface area (Å²) in [6.07, 6.45) is 0. The summed E-state index contributed by atoms with van der Waals surface area (Å²) in [6, 6.07) is 12.6. The van der Waals surface area contributed by atoms with Crippen molar-refractivity contribution < 1.29 is 47.6 Å². The average Bonchev–Trinajstić information content (AvgIpc) is 2.91. The largest absolute Gasteiger partial charge is 0.507 e. The molecule has 39 heavy (non-hydrogen) atoms. The Morgan fingerprint density at radius 1 is 0.949 bits per heavy atom. The quantitative estimate of drug-likeness (QED) is 0.152. The normalized spacial score (nSPS) is 11.3. The van der Waals surface area contributed by atoms with E-state index in [0.29, 0.717) is 15.7 Å². The predicted octanol–water partition coefficient (Wildman–Crippen LogP) is 3.59. The van der Waals surface area contributed by atoms with Crippen LogP contribution in [0.5, 0.6) is 28.7 Å². The minimum atomic E-state index is -2.73. The third-order valence-electron chi connectivity index (χ3n) is 5.08. The molecular formula is C25H27N3O10S. The summed E-state index contributed by atoms with van der Waals surface area (Å²) >= 11 is -2.73. The van der Waals surface area contributed by atoms with Crippen LogP contribution in [-0.4, -0.2) is 51.2 Å². The Hall–Kier alpha value is -4.53. The number of hydrazine groups is 1. The van der Waals surface area contributed by atoms with Gasteiger partial charge < -0.3 is 34.6 Å². The summed E-state index contributed by atoms with van der Waals surface area (Å²) in [7, 11) is 1.51. The van der Waals surface area contributed by atoms with Crippen molar-refractivity contribution in [2.75, 3.05) is 30.1 Å². The second kappa shape index (κ2) is 13.3. The molecule has 0 fully saturated rings. The molecule has 3 aromatic rings. The maximum atomic E-state index is 12.9. The third kappa shape index (κ3) is 7.28. The molecule has 208 valence electrons. The summed E-state index contributed by atoms with van der Waals surface area (Å²) in [5, 5.41) is 21.6. The molecule has 14 heteroatoms. The summed E-state index contributed by atoms with van der Waals surface area (Å²) in [5.41, 5.74) is 2.43. The zero-order valence-electron chi connectivity index (χ0n) is 21.2. The number of hydrogen-bond acceptors (Lipinski definition) is 9. The van der Waals surface area contributed by atoms with Gasteiger partial charge in [-0.3, -0.25) is 9.35 Å². The lowest BCUT2D eigenvalue weighted by molar-refractivity contribution is 0.0692. The van der Waals surface area contributed by atoms with E-state index in [9.17, 15) is 28.6 Å². The van der Waals surface area contributed by atoms with E-state index in [1.807, 2.05) is 0 Å². The van der Waals surface area contributed by atoms with E-state index in [0.717, 1.165) is 12.1 Å². The van der Waals surface area contributed by atoms with Gasteiger partial charge in [0, 0.05) is 23.8 Å². The molecule has 0 radical (unpaired) electrons. The lowest BCUT2D eigenvalue weighted by atomic mass is 10.2. The first-order chi connectivity index (χ1) is 18.7. The maximum absolute atomic E-state index is 12.9. The van der Waals surface area contributed by atoms with Gasteiger partial charge in [-0.05, 0) is 50.2 Å². The number of carbonyl (C=O) groups excluding carboxylic acids is 1. The third-order valence-corrected chi connectivity index (χ3v) is 5.66. The van der Waals surface area contributed by atoms with Crippen molar-refractivity contribution in [3.8, 4) is 28.7 Å². The van der Waals surface area contributed by atoms with Crippen molar-refractivity contribution in [1.29, 1.82) is 0 Å². The number of nitrogens with zero attached hydrogens (tertiary/aromatic N) is 1. The number of carbonyl (C=O) groups is 2. The van der Waals surface area contributed by atoms with Gasteiger partial charge in [0.1, 0.15) is 34.2 Å². The van der Waals surface area contributed by atoms with E-state index < -0.39 is 34.5 Å². The van der Waals surface area contributed by atoms with Gasteiger partial charge in [0.25, 0.3) is 17.2 Å². The number of rotatable bonds is 13. The molecule has 1 atom stereocenters. The summed E-state index contributed by atoms with van der Waals surface area (Å²) in [5.74, 6) is -1.57. The standard InChI is InChI=1S/C25H27N3O10S/c1-4-36-22-14-20(28(39(33)34)27-38-17-10-11-21(29)18(12-17)25(31)32)23(37-5-2)13-19(22)26-24(30)15-6-8-16(35-3)9-7-15/h6-14,27,29H,4-5H2,1-3H3,(H,26,30)(H,31,32)(H,33,34). The SMILES string of the molecule is CCOc1cc(N(NOc2ccc(O)c(C(=O)O)c2)S(=O)O)c(OCC)cc1NC(=O)c1ccc(OC)cc1. The number of hydrogen-bond donors (Lipinski definition) is 5. The molecule has 3 aromatic carbocycles. The van der Waals surface area contributed by atoms with Gasteiger partial charge in [-0.25, -0.2) is 9.00 Å². The summed E-state index contributed by atoms with van der Waals surface area (Å²) < 4.78 is 39.4. The minimum absolute atomic E-state index is 0.000756. The first kappa shape index (κ1) is 29.0. The highest BCUT2D eigenvalue weighted by atomic mass is 32.2.